The van der Waals surface area contributed by atoms with Crippen molar-refractivity contribution in [2.24, 2.45) is 5.73 Å². The molecule has 3 heterocycles. The summed E-state index contributed by atoms with van der Waals surface area (Å²) in [5, 5.41) is 4.91. The van der Waals surface area contributed by atoms with Crippen LogP contribution in [-0.4, -0.2) is 33.4 Å². The Morgan fingerprint density at radius 1 is 1.09 bits per heavy atom. The van der Waals surface area contributed by atoms with Crippen LogP contribution >= 0.6 is 0 Å². The molecule has 1 unspecified atom stereocenters. The van der Waals surface area contributed by atoms with Crippen LogP contribution in [0.5, 0.6) is 0 Å². The van der Waals surface area contributed by atoms with Gasteiger partial charge >= 0.3 is 0 Å². The van der Waals surface area contributed by atoms with Crippen LogP contribution in [0.1, 0.15) is 22.9 Å². The molecule has 32 heavy (non-hydrogen) atoms. The summed E-state index contributed by atoms with van der Waals surface area (Å²) in [5.41, 5.74) is 7.85. The first kappa shape index (κ1) is 20.3. The van der Waals surface area contributed by atoms with E-state index in [4.69, 9.17) is 5.73 Å². The number of halogens is 1. The Hall–Kier alpha value is -3.63. The molecule has 2 N–H and O–H groups in total. The monoisotopic (exact) mass is 451 g/mol. The molecule has 162 valence electrons. The molecule has 0 saturated carbocycles. The van der Waals surface area contributed by atoms with Crippen LogP contribution < -0.4 is 5.73 Å². The average Bonchev–Trinajstić information content (AvgIpc) is 3.38. The Morgan fingerprint density at radius 3 is 2.69 bits per heavy atom. The number of rotatable bonds is 4. The molecule has 0 bridgehead atoms. The van der Waals surface area contributed by atoms with Crippen LogP contribution in [0.2, 0.25) is 0 Å². The fourth-order valence-corrected chi connectivity index (χ4v) is 4.99. The Kier molecular flexibility index (Phi) is 4.75. The largest absolute Gasteiger partial charge is 0.331 e. The number of fused-ring (bicyclic) bond motifs is 2. The van der Waals surface area contributed by atoms with E-state index in [-0.39, 0.29) is 23.5 Å². The van der Waals surface area contributed by atoms with Gasteiger partial charge in [0.1, 0.15) is 11.9 Å². The summed E-state index contributed by atoms with van der Waals surface area (Å²) in [5.74, 6) is -1.00. The van der Waals surface area contributed by atoms with Crippen molar-refractivity contribution in [3.05, 3.63) is 89.6 Å². The zero-order valence-electron chi connectivity index (χ0n) is 16.7. The first-order chi connectivity index (χ1) is 15.3. The van der Waals surface area contributed by atoms with Crippen molar-refractivity contribution in [3.8, 4) is 0 Å². The van der Waals surface area contributed by atoms with Crippen LogP contribution in [0.3, 0.4) is 0 Å². The summed E-state index contributed by atoms with van der Waals surface area (Å²) in [7, 11) is -3.91. The van der Waals surface area contributed by atoms with E-state index in [1.807, 2.05) is 0 Å². The SMILES string of the molecule is NC(C(=O)N1Cc2cn(S(=O)(=O)c3ccc4ncccc4c3)nc2C1)c1ccccc1F. The minimum Gasteiger partial charge on any atom is -0.331 e. The predicted molar refractivity (Wildman–Crippen MR) is 114 cm³/mol. The van der Waals surface area contributed by atoms with Gasteiger partial charge in [-0.25, -0.2) is 4.39 Å². The fraction of sp³-hybridized carbons (Fsp3) is 0.136. The van der Waals surface area contributed by atoms with Crippen LogP contribution in [-0.2, 0) is 27.9 Å². The van der Waals surface area contributed by atoms with Crippen molar-refractivity contribution in [2.75, 3.05) is 0 Å². The molecule has 1 atom stereocenters. The first-order valence-corrected chi connectivity index (χ1v) is 11.3. The normalized spacial score (nSPS) is 14.5. The molecule has 2 aromatic carbocycles. The van der Waals surface area contributed by atoms with Gasteiger partial charge in [0.05, 0.1) is 22.7 Å². The van der Waals surface area contributed by atoms with Gasteiger partial charge in [-0.1, -0.05) is 24.3 Å². The highest BCUT2D eigenvalue weighted by Gasteiger charge is 2.32. The van der Waals surface area contributed by atoms with Crippen LogP contribution in [0.4, 0.5) is 4.39 Å². The second kappa shape index (κ2) is 7.50. The lowest BCUT2D eigenvalue weighted by Crippen LogP contribution is -2.35. The summed E-state index contributed by atoms with van der Waals surface area (Å²) < 4.78 is 41.1. The molecule has 0 fully saturated rings. The van der Waals surface area contributed by atoms with Crippen LogP contribution in [0.15, 0.2) is 71.9 Å². The molecule has 5 rings (SSSR count). The van der Waals surface area contributed by atoms with E-state index in [0.29, 0.717) is 22.2 Å². The smallest absolute Gasteiger partial charge is 0.282 e. The van der Waals surface area contributed by atoms with E-state index >= 15 is 0 Å². The lowest BCUT2D eigenvalue weighted by molar-refractivity contribution is -0.133. The molecule has 0 saturated heterocycles. The Labute approximate surface area is 183 Å². The molecule has 0 radical (unpaired) electrons. The van der Waals surface area contributed by atoms with Gasteiger partial charge in [-0.3, -0.25) is 9.78 Å². The molecule has 4 aromatic rings. The number of carbonyl (C=O) groups is 1. The van der Waals surface area contributed by atoms with E-state index in [2.05, 4.69) is 10.1 Å². The molecule has 1 aliphatic heterocycles. The minimum absolute atomic E-state index is 0.0914. The highest BCUT2D eigenvalue weighted by molar-refractivity contribution is 7.89. The molecule has 10 heteroatoms. The van der Waals surface area contributed by atoms with Gasteiger partial charge in [0.25, 0.3) is 10.0 Å². The standard InChI is InChI=1S/C22H18FN5O3S/c23-18-6-2-1-5-17(18)21(24)22(29)27-11-15-12-28(26-20(15)13-27)32(30,31)16-7-8-19-14(10-16)4-3-9-25-19/h1-10,12,21H,11,13,24H2. The number of pyridine rings is 1. The predicted octanol–water partition coefficient (Wildman–Crippen LogP) is 2.35. The van der Waals surface area contributed by atoms with Gasteiger partial charge in [-0.05, 0) is 30.3 Å². The maximum Gasteiger partial charge on any atom is 0.282 e. The first-order valence-electron chi connectivity index (χ1n) is 9.81. The third-order valence-electron chi connectivity index (χ3n) is 5.49. The lowest BCUT2D eigenvalue weighted by atomic mass is 10.1. The average molecular weight is 451 g/mol. The van der Waals surface area contributed by atoms with Crippen LogP contribution in [0, 0.1) is 5.82 Å². The van der Waals surface area contributed by atoms with Crippen molar-refractivity contribution in [2.45, 2.75) is 24.0 Å². The van der Waals surface area contributed by atoms with Crippen molar-refractivity contribution < 1.29 is 17.6 Å². The van der Waals surface area contributed by atoms with Gasteiger partial charge in [-0.2, -0.15) is 17.6 Å². The van der Waals surface area contributed by atoms with Crippen molar-refractivity contribution >= 4 is 26.8 Å². The number of nitrogens with zero attached hydrogens (tertiary/aromatic N) is 4. The molecule has 2 aromatic heterocycles. The maximum absolute atomic E-state index is 14.0. The molecular weight excluding hydrogens is 433 g/mol. The van der Waals surface area contributed by atoms with E-state index in [0.717, 1.165) is 4.09 Å². The van der Waals surface area contributed by atoms with Gasteiger partial charge in [0.15, 0.2) is 0 Å². The van der Waals surface area contributed by atoms with Gasteiger partial charge in [0.2, 0.25) is 5.91 Å². The van der Waals surface area contributed by atoms with Gasteiger partial charge in [0, 0.05) is 35.5 Å². The van der Waals surface area contributed by atoms with Gasteiger partial charge in [-0.15, -0.1) is 0 Å². The molecule has 0 spiro atoms. The van der Waals surface area contributed by atoms with Crippen LogP contribution in [0.25, 0.3) is 10.9 Å². The van der Waals surface area contributed by atoms with Gasteiger partial charge < -0.3 is 10.6 Å². The number of hydrogen-bond donors (Lipinski definition) is 1. The van der Waals surface area contributed by atoms with E-state index in [1.54, 1.807) is 36.5 Å². The number of aromatic nitrogens is 3. The molecular formula is C22H18FN5O3S. The number of hydrogen-bond acceptors (Lipinski definition) is 6. The fourth-order valence-electron chi connectivity index (χ4n) is 3.79. The van der Waals surface area contributed by atoms with Crippen molar-refractivity contribution in [1.82, 2.24) is 19.1 Å². The third kappa shape index (κ3) is 3.33. The summed E-state index contributed by atoms with van der Waals surface area (Å²) >= 11 is 0. The van der Waals surface area contributed by atoms with E-state index in [9.17, 15) is 17.6 Å². The summed E-state index contributed by atoms with van der Waals surface area (Å²) in [6.07, 6.45) is 3.04. The molecule has 1 amide bonds. The van der Waals surface area contributed by atoms with Crippen molar-refractivity contribution in [1.29, 1.82) is 0 Å². The molecule has 8 nitrogen and oxygen atoms in total. The Morgan fingerprint density at radius 2 is 1.91 bits per heavy atom. The number of carbonyl (C=O) groups excluding carboxylic acids is 1. The lowest BCUT2D eigenvalue weighted by Gasteiger charge is -2.21. The quantitative estimate of drug-likeness (QED) is 0.510. The maximum atomic E-state index is 14.0. The highest BCUT2D eigenvalue weighted by Crippen LogP contribution is 2.27. The summed E-state index contributed by atoms with van der Waals surface area (Å²) in [6, 6.07) is 12.9. The number of amides is 1. The summed E-state index contributed by atoms with van der Waals surface area (Å²) in [4.78, 5) is 18.5. The van der Waals surface area contributed by atoms with E-state index in [1.165, 1.54) is 35.4 Å². The van der Waals surface area contributed by atoms with Crippen molar-refractivity contribution in [3.63, 3.8) is 0 Å². The second-order valence-corrected chi connectivity index (χ2v) is 9.33. The summed E-state index contributed by atoms with van der Waals surface area (Å²) in [6.45, 7) is 0.244. The minimum atomic E-state index is -3.91. The zero-order valence-corrected chi connectivity index (χ0v) is 17.5. The number of benzene rings is 2. The Bertz CT molecular complexity index is 1440. The highest BCUT2D eigenvalue weighted by atomic mass is 32.2. The second-order valence-electron chi connectivity index (χ2n) is 7.53. The Balaban J connectivity index is 1.38. The topological polar surface area (TPSA) is 111 Å². The number of nitrogens with two attached hydrogens (primary N) is 1. The van der Waals surface area contributed by atoms with E-state index < -0.39 is 27.8 Å². The molecule has 0 aliphatic carbocycles. The zero-order chi connectivity index (χ0) is 22.5. The molecule has 1 aliphatic rings. The third-order valence-corrected chi connectivity index (χ3v) is 7.02.